The molecule has 1 aliphatic carbocycles. The number of aliphatic hydroxyl groups is 1. The van der Waals surface area contributed by atoms with Gasteiger partial charge in [-0.3, -0.25) is 0 Å². The third-order valence-corrected chi connectivity index (χ3v) is 3.79. The van der Waals surface area contributed by atoms with Gasteiger partial charge in [0.05, 0.1) is 11.0 Å². The van der Waals surface area contributed by atoms with Crippen LogP contribution in [0.5, 0.6) is 0 Å². The van der Waals surface area contributed by atoms with E-state index in [0.29, 0.717) is 6.61 Å². The first-order chi connectivity index (χ1) is 8.71. The van der Waals surface area contributed by atoms with E-state index < -0.39 is 0 Å². The number of H-pyrrole nitrogens is 1. The lowest BCUT2D eigenvalue weighted by Crippen LogP contribution is -2.26. The van der Waals surface area contributed by atoms with Gasteiger partial charge in [-0.15, -0.1) is 0 Å². The Morgan fingerprint density at radius 2 is 2.28 bits per heavy atom. The molecule has 0 atom stereocenters. The number of aromatic amines is 1. The van der Waals surface area contributed by atoms with Gasteiger partial charge in [-0.05, 0) is 37.5 Å². The molecule has 2 aromatic rings. The number of nitrogens with zero attached hydrogens (tertiary/aromatic N) is 1. The van der Waals surface area contributed by atoms with Crippen molar-refractivity contribution >= 4 is 11.0 Å². The smallest absolute Gasteiger partial charge is 0.104 e. The van der Waals surface area contributed by atoms with Crippen LogP contribution < -0.4 is 5.32 Å². The van der Waals surface area contributed by atoms with Crippen LogP contribution in [0.15, 0.2) is 18.2 Å². The highest BCUT2D eigenvalue weighted by atomic mass is 16.3. The highest BCUT2D eigenvalue weighted by molar-refractivity contribution is 5.75. The zero-order valence-electron chi connectivity index (χ0n) is 10.7. The molecule has 1 fully saturated rings. The third kappa shape index (κ3) is 2.26. The molecule has 0 aliphatic heterocycles. The summed E-state index contributed by atoms with van der Waals surface area (Å²) in [5, 5.41) is 12.7. The minimum atomic E-state index is 0.175. The maximum absolute atomic E-state index is 9.24. The number of imidazole rings is 1. The van der Waals surface area contributed by atoms with Crippen molar-refractivity contribution in [2.24, 2.45) is 5.41 Å². The number of aliphatic hydroxyl groups excluding tert-OH is 1. The Bertz CT molecular complexity index is 557. The van der Waals surface area contributed by atoms with Gasteiger partial charge in [0.15, 0.2) is 0 Å². The quantitative estimate of drug-likeness (QED) is 0.752. The number of nitrogens with one attached hydrogen (secondary N) is 2. The van der Waals surface area contributed by atoms with E-state index in [9.17, 15) is 5.11 Å². The molecule has 1 saturated carbocycles. The molecule has 96 valence electrons. The monoisotopic (exact) mass is 245 g/mol. The fraction of sp³-hybridized carbons (Fsp3) is 0.500. The Morgan fingerprint density at radius 1 is 1.44 bits per heavy atom. The van der Waals surface area contributed by atoms with Crippen molar-refractivity contribution in [3.05, 3.63) is 29.6 Å². The second-order valence-electron chi connectivity index (χ2n) is 5.44. The zero-order chi connectivity index (χ0) is 12.6. The first-order valence-corrected chi connectivity index (χ1v) is 6.48. The minimum Gasteiger partial charge on any atom is -0.396 e. The molecule has 1 aliphatic rings. The summed E-state index contributed by atoms with van der Waals surface area (Å²) in [6.45, 7) is 4.02. The Hall–Kier alpha value is -1.39. The first-order valence-electron chi connectivity index (χ1n) is 6.48. The summed E-state index contributed by atoms with van der Waals surface area (Å²) in [4.78, 5) is 7.64. The summed E-state index contributed by atoms with van der Waals surface area (Å²) in [5.41, 5.74) is 3.54. The molecule has 0 saturated heterocycles. The largest absolute Gasteiger partial charge is 0.396 e. The summed E-state index contributed by atoms with van der Waals surface area (Å²) < 4.78 is 0. The maximum Gasteiger partial charge on any atom is 0.104 e. The number of hydrogen-bond donors (Lipinski definition) is 3. The molecule has 1 heterocycles. The van der Waals surface area contributed by atoms with Crippen LogP contribution in [0, 0.1) is 12.3 Å². The summed E-state index contributed by atoms with van der Waals surface area (Å²) in [6, 6.07) is 6.30. The normalized spacial score (nSPS) is 17.2. The van der Waals surface area contributed by atoms with E-state index in [-0.39, 0.29) is 5.41 Å². The van der Waals surface area contributed by atoms with E-state index in [4.69, 9.17) is 0 Å². The van der Waals surface area contributed by atoms with Crippen LogP contribution in [0.3, 0.4) is 0 Å². The predicted octanol–water partition coefficient (Wildman–Crippen LogP) is 1.73. The Kier molecular flexibility index (Phi) is 2.84. The molecule has 18 heavy (non-hydrogen) atoms. The second-order valence-corrected chi connectivity index (χ2v) is 5.44. The highest BCUT2D eigenvalue weighted by Gasteiger charge is 2.41. The van der Waals surface area contributed by atoms with Crippen molar-refractivity contribution in [3.63, 3.8) is 0 Å². The summed E-state index contributed by atoms with van der Waals surface area (Å²) in [7, 11) is 0. The van der Waals surface area contributed by atoms with Gasteiger partial charge in [-0.2, -0.15) is 0 Å². The van der Waals surface area contributed by atoms with E-state index in [1.807, 2.05) is 6.92 Å². The molecular weight excluding hydrogens is 226 g/mol. The SMILES string of the molecule is Cc1nc2ccc(CNCC3(CO)CC3)cc2[nH]1. The van der Waals surface area contributed by atoms with Crippen LogP contribution in [-0.2, 0) is 6.54 Å². The Labute approximate surface area is 106 Å². The van der Waals surface area contributed by atoms with Gasteiger partial charge < -0.3 is 15.4 Å². The van der Waals surface area contributed by atoms with Crippen molar-refractivity contribution in [3.8, 4) is 0 Å². The lowest BCUT2D eigenvalue weighted by Gasteiger charge is -2.12. The van der Waals surface area contributed by atoms with Crippen LogP contribution in [0.25, 0.3) is 11.0 Å². The molecule has 1 aromatic carbocycles. The third-order valence-electron chi connectivity index (χ3n) is 3.79. The summed E-state index contributed by atoms with van der Waals surface area (Å²) in [6.07, 6.45) is 2.30. The van der Waals surface area contributed by atoms with Crippen molar-refractivity contribution in [1.29, 1.82) is 0 Å². The van der Waals surface area contributed by atoms with Gasteiger partial charge in [-0.25, -0.2) is 4.98 Å². The average Bonchev–Trinajstić information content (AvgIpc) is 3.04. The van der Waals surface area contributed by atoms with Gasteiger partial charge in [0, 0.05) is 25.1 Å². The van der Waals surface area contributed by atoms with Crippen molar-refractivity contribution in [2.75, 3.05) is 13.2 Å². The van der Waals surface area contributed by atoms with E-state index >= 15 is 0 Å². The number of hydrogen-bond acceptors (Lipinski definition) is 3. The number of benzene rings is 1. The molecule has 0 bridgehead atoms. The van der Waals surface area contributed by atoms with E-state index in [2.05, 4.69) is 33.5 Å². The van der Waals surface area contributed by atoms with Crippen LogP contribution in [-0.4, -0.2) is 28.2 Å². The fourth-order valence-corrected chi connectivity index (χ4v) is 2.33. The van der Waals surface area contributed by atoms with Gasteiger partial charge in [0.1, 0.15) is 5.82 Å². The number of rotatable bonds is 5. The summed E-state index contributed by atoms with van der Waals surface area (Å²) in [5.74, 6) is 0.951. The molecule has 0 amide bonds. The lowest BCUT2D eigenvalue weighted by molar-refractivity contribution is 0.207. The molecule has 3 N–H and O–H groups in total. The predicted molar refractivity (Wildman–Crippen MR) is 71.3 cm³/mol. The van der Waals surface area contributed by atoms with E-state index in [1.165, 1.54) is 5.56 Å². The number of aromatic nitrogens is 2. The molecule has 3 rings (SSSR count). The van der Waals surface area contributed by atoms with Gasteiger partial charge in [0.2, 0.25) is 0 Å². The van der Waals surface area contributed by atoms with Gasteiger partial charge in [0.25, 0.3) is 0 Å². The van der Waals surface area contributed by atoms with Gasteiger partial charge >= 0.3 is 0 Å². The van der Waals surface area contributed by atoms with Crippen LogP contribution >= 0.6 is 0 Å². The van der Waals surface area contributed by atoms with Crippen molar-refractivity contribution in [2.45, 2.75) is 26.3 Å². The fourth-order valence-electron chi connectivity index (χ4n) is 2.33. The summed E-state index contributed by atoms with van der Waals surface area (Å²) >= 11 is 0. The van der Waals surface area contributed by atoms with E-state index in [1.54, 1.807) is 0 Å². The molecule has 0 unspecified atom stereocenters. The number of aryl methyl sites for hydroxylation is 1. The van der Waals surface area contributed by atoms with Crippen LogP contribution in [0.2, 0.25) is 0 Å². The lowest BCUT2D eigenvalue weighted by atomic mass is 10.1. The molecular formula is C14H19N3O. The maximum atomic E-state index is 9.24. The van der Waals surface area contributed by atoms with Crippen molar-refractivity contribution < 1.29 is 5.11 Å². The standard InChI is InChI=1S/C14H19N3O/c1-10-16-12-3-2-11(6-13(12)17-10)7-15-8-14(9-18)4-5-14/h2-3,6,15,18H,4-5,7-9H2,1H3,(H,16,17). The Morgan fingerprint density at radius 3 is 3.00 bits per heavy atom. The highest BCUT2D eigenvalue weighted by Crippen LogP contribution is 2.44. The molecule has 4 nitrogen and oxygen atoms in total. The first kappa shape index (κ1) is 11.7. The molecule has 0 radical (unpaired) electrons. The molecule has 0 spiro atoms. The Balaban J connectivity index is 1.63. The minimum absolute atomic E-state index is 0.175. The zero-order valence-corrected chi connectivity index (χ0v) is 10.7. The average molecular weight is 245 g/mol. The molecule has 4 heteroatoms. The second kappa shape index (κ2) is 4.37. The molecule has 1 aromatic heterocycles. The topological polar surface area (TPSA) is 60.9 Å². The van der Waals surface area contributed by atoms with E-state index in [0.717, 1.165) is 42.8 Å². The number of fused-ring (bicyclic) bond motifs is 1. The van der Waals surface area contributed by atoms with Crippen molar-refractivity contribution in [1.82, 2.24) is 15.3 Å². The van der Waals surface area contributed by atoms with Gasteiger partial charge in [-0.1, -0.05) is 6.07 Å². The van der Waals surface area contributed by atoms with Crippen LogP contribution in [0.4, 0.5) is 0 Å². The van der Waals surface area contributed by atoms with Crippen LogP contribution in [0.1, 0.15) is 24.2 Å².